The van der Waals surface area contributed by atoms with Crippen molar-refractivity contribution in [1.29, 1.82) is 0 Å². The Hall–Kier alpha value is -2.57. The maximum absolute atomic E-state index is 13.6. The van der Waals surface area contributed by atoms with Gasteiger partial charge in [0.05, 0.1) is 10.6 Å². The average Bonchev–Trinajstić information content (AvgIpc) is 2.68. The van der Waals surface area contributed by atoms with Crippen LogP contribution >= 0.6 is 11.6 Å². The first-order chi connectivity index (χ1) is 13.6. The van der Waals surface area contributed by atoms with Crippen LogP contribution < -0.4 is 0 Å². The van der Waals surface area contributed by atoms with Crippen LogP contribution in [-0.2, 0) is 14.6 Å². The van der Waals surface area contributed by atoms with E-state index in [2.05, 4.69) is 11.6 Å². The summed E-state index contributed by atoms with van der Waals surface area (Å²) in [5.41, 5.74) is 1.60. The first kappa shape index (κ1) is 21.1. The first-order valence-corrected chi connectivity index (χ1v) is 10.8. The molecule has 0 bridgehead atoms. The lowest BCUT2D eigenvalue weighted by Gasteiger charge is -2.19. The van der Waals surface area contributed by atoms with Crippen LogP contribution in [0, 0.1) is 18.7 Å². The van der Waals surface area contributed by atoms with Gasteiger partial charge in [-0.2, -0.15) is 0 Å². The van der Waals surface area contributed by atoms with Crippen molar-refractivity contribution in [2.75, 3.05) is 0 Å². The van der Waals surface area contributed by atoms with E-state index in [9.17, 15) is 17.6 Å². The quantitative estimate of drug-likeness (QED) is 0.622. The number of aryl methyl sites for hydroxylation is 1. The topological polar surface area (TPSA) is 63.6 Å². The Kier molecular flexibility index (Phi) is 5.87. The van der Waals surface area contributed by atoms with E-state index in [0.717, 1.165) is 12.1 Å². The van der Waals surface area contributed by atoms with Gasteiger partial charge >= 0.3 is 0 Å². The number of sulfone groups is 1. The Bertz CT molecular complexity index is 1180. The standard InChI is InChI=1S/C22H19ClFNO3S/c1-13-10-19(17-6-4-5-7-18(17)23)25-20(11-13)22(26)15(3)29(27,28)21-12-16(24)9-8-14(21)2/h4-9,11-13H,3,10H2,1-2H3. The minimum absolute atomic E-state index is 0.0127. The summed E-state index contributed by atoms with van der Waals surface area (Å²) in [6.45, 7) is 6.92. The van der Waals surface area contributed by atoms with Crippen molar-refractivity contribution in [3.05, 3.63) is 87.7 Å². The molecule has 0 saturated carbocycles. The minimum Gasteiger partial charge on any atom is -0.286 e. The lowest BCUT2D eigenvalue weighted by atomic mass is 9.94. The van der Waals surface area contributed by atoms with Gasteiger partial charge in [-0.25, -0.2) is 17.8 Å². The zero-order valence-corrected chi connectivity index (χ0v) is 17.5. The zero-order valence-electron chi connectivity index (χ0n) is 15.9. The fraction of sp³-hybridized carbons (Fsp3) is 0.182. The van der Waals surface area contributed by atoms with Gasteiger partial charge in [0.25, 0.3) is 0 Å². The highest BCUT2D eigenvalue weighted by Gasteiger charge is 2.30. The number of Topliss-reactive ketones (excluding diaryl/α,β-unsaturated/α-hetero) is 1. The smallest absolute Gasteiger partial charge is 0.222 e. The van der Waals surface area contributed by atoms with Gasteiger partial charge in [0.2, 0.25) is 15.6 Å². The molecule has 0 amide bonds. The molecule has 1 aliphatic rings. The predicted octanol–water partition coefficient (Wildman–Crippen LogP) is 5.06. The molecule has 7 heteroatoms. The molecule has 150 valence electrons. The number of hydrogen-bond donors (Lipinski definition) is 0. The van der Waals surface area contributed by atoms with Crippen LogP contribution in [0.2, 0.25) is 5.02 Å². The molecular weight excluding hydrogens is 413 g/mol. The SMILES string of the molecule is C=C(C(=O)C1=CC(C)CC(c2ccccc2Cl)=N1)S(=O)(=O)c1cc(F)ccc1C. The van der Waals surface area contributed by atoms with Crippen LogP contribution in [0.15, 0.2) is 75.6 Å². The van der Waals surface area contributed by atoms with Gasteiger partial charge in [-0.3, -0.25) is 4.79 Å². The number of allylic oxidation sites excluding steroid dienone is 2. The van der Waals surface area contributed by atoms with Crippen molar-refractivity contribution < 1.29 is 17.6 Å². The number of halogens is 2. The number of nitrogens with zero attached hydrogens (tertiary/aromatic N) is 1. The summed E-state index contributed by atoms with van der Waals surface area (Å²) in [7, 11) is -4.27. The lowest BCUT2D eigenvalue weighted by molar-refractivity contribution is -0.111. The van der Waals surface area contributed by atoms with Crippen molar-refractivity contribution >= 4 is 32.9 Å². The van der Waals surface area contributed by atoms with E-state index in [1.807, 2.05) is 13.0 Å². The summed E-state index contributed by atoms with van der Waals surface area (Å²) in [5.74, 6) is -1.58. The molecule has 0 aromatic heterocycles. The Morgan fingerprint density at radius 1 is 1.24 bits per heavy atom. The molecule has 0 N–H and O–H groups in total. The molecule has 0 saturated heterocycles. The second-order valence-electron chi connectivity index (χ2n) is 6.94. The Balaban J connectivity index is 1.99. The minimum atomic E-state index is -4.27. The number of carbonyl (C=O) groups is 1. The summed E-state index contributed by atoms with van der Waals surface area (Å²) in [5, 5.41) is 0.494. The predicted molar refractivity (Wildman–Crippen MR) is 112 cm³/mol. The van der Waals surface area contributed by atoms with Gasteiger partial charge in [0.15, 0.2) is 0 Å². The molecule has 2 aromatic rings. The van der Waals surface area contributed by atoms with Crippen molar-refractivity contribution in [2.45, 2.75) is 25.2 Å². The Morgan fingerprint density at radius 3 is 2.62 bits per heavy atom. The van der Waals surface area contributed by atoms with Crippen LogP contribution in [0.25, 0.3) is 0 Å². The summed E-state index contributed by atoms with van der Waals surface area (Å²) in [6.07, 6.45) is 2.17. The molecule has 1 heterocycles. The highest BCUT2D eigenvalue weighted by atomic mass is 35.5. The number of hydrogen-bond acceptors (Lipinski definition) is 4. The third kappa shape index (κ3) is 4.23. The monoisotopic (exact) mass is 431 g/mol. The molecule has 1 atom stereocenters. The second-order valence-corrected chi connectivity index (χ2v) is 9.28. The third-order valence-corrected chi connectivity index (χ3v) is 6.83. The van der Waals surface area contributed by atoms with Gasteiger partial charge in [-0.15, -0.1) is 0 Å². The lowest BCUT2D eigenvalue weighted by Crippen LogP contribution is -2.20. The second kappa shape index (κ2) is 8.05. The van der Waals surface area contributed by atoms with E-state index in [-0.39, 0.29) is 16.5 Å². The molecular formula is C22H19ClFNO3S. The Morgan fingerprint density at radius 2 is 1.93 bits per heavy atom. The fourth-order valence-corrected chi connectivity index (χ4v) is 4.73. The molecule has 0 spiro atoms. The number of ketones is 1. The van der Waals surface area contributed by atoms with Crippen LogP contribution in [0.5, 0.6) is 0 Å². The van der Waals surface area contributed by atoms with Gasteiger partial charge in [0, 0.05) is 10.6 Å². The van der Waals surface area contributed by atoms with Crippen molar-refractivity contribution in [1.82, 2.24) is 0 Å². The molecule has 1 unspecified atom stereocenters. The van der Waals surface area contributed by atoms with Crippen LogP contribution in [-0.4, -0.2) is 19.9 Å². The van der Waals surface area contributed by atoms with Crippen LogP contribution in [0.4, 0.5) is 4.39 Å². The summed E-state index contributed by atoms with van der Waals surface area (Å²) in [6, 6.07) is 10.5. The maximum atomic E-state index is 13.6. The first-order valence-electron chi connectivity index (χ1n) is 8.90. The molecule has 0 fully saturated rings. The van der Waals surface area contributed by atoms with Crippen LogP contribution in [0.1, 0.15) is 24.5 Å². The number of benzene rings is 2. The van der Waals surface area contributed by atoms with Crippen molar-refractivity contribution in [3.63, 3.8) is 0 Å². The van der Waals surface area contributed by atoms with Gasteiger partial charge in [0.1, 0.15) is 16.4 Å². The van der Waals surface area contributed by atoms with Gasteiger partial charge in [-0.05, 0) is 43.0 Å². The summed E-state index contributed by atoms with van der Waals surface area (Å²) < 4.78 is 39.4. The molecule has 29 heavy (non-hydrogen) atoms. The zero-order chi connectivity index (χ0) is 21.3. The fourth-order valence-electron chi connectivity index (χ4n) is 3.11. The highest BCUT2D eigenvalue weighted by Crippen LogP contribution is 2.29. The normalized spacial score (nSPS) is 16.8. The average molecular weight is 432 g/mol. The summed E-state index contributed by atoms with van der Waals surface area (Å²) >= 11 is 6.25. The number of aliphatic imine (C=N–C) groups is 1. The van der Waals surface area contributed by atoms with E-state index in [1.54, 1.807) is 24.3 Å². The molecule has 2 aromatic carbocycles. The van der Waals surface area contributed by atoms with E-state index in [1.165, 1.54) is 13.0 Å². The highest BCUT2D eigenvalue weighted by molar-refractivity contribution is 7.96. The maximum Gasteiger partial charge on any atom is 0.222 e. The Labute approximate surface area is 174 Å². The molecule has 0 radical (unpaired) electrons. The van der Waals surface area contributed by atoms with E-state index < -0.39 is 26.3 Å². The summed E-state index contributed by atoms with van der Waals surface area (Å²) in [4.78, 5) is 16.4. The van der Waals surface area contributed by atoms with Crippen LogP contribution in [0.3, 0.4) is 0 Å². The number of rotatable bonds is 5. The molecule has 1 aliphatic heterocycles. The largest absolute Gasteiger partial charge is 0.286 e. The van der Waals surface area contributed by atoms with E-state index in [4.69, 9.17) is 11.6 Å². The van der Waals surface area contributed by atoms with Crippen molar-refractivity contribution in [2.24, 2.45) is 10.9 Å². The molecule has 0 aliphatic carbocycles. The number of carbonyl (C=O) groups excluding carboxylic acids is 1. The van der Waals surface area contributed by atoms with E-state index >= 15 is 0 Å². The van der Waals surface area contributed by atoms with Gasteiger partial charge < -0.3 is 0 Å². The third-order valence-electron chi connectivity index (χ3n) is 4.65. The van der Waals surface area contributed by atoms with E-state index in [0.29, 0.717) is 28.3 Å². The van der Waals surface area contributed by atoms with Crippen molar-refractivity contribution in [3.8, 4) is 0 Å². The molecule has 3 rings (SSSR count). The van der Waals surface area contributed by atoms with Gasteiger partial charge in [-0.1, -0.05) is 55.4 Å². The molecule has 4 nitrogen and oxygen atoms in total.